The van der Waals surface area contributed by atoms with Crippen molar-refractivity contribution >= 4 is 21.7 Å². The molecule has 120 valence electrons. The lowest BCUT2D eigenvalue weighted by Gasteiger charge is -2.38. The third kappa shape index (κ3) is 3.75. The van der Waals surface area contributed by atoms with Crippen molar-refractivity contribution in [2.45, 2.75) is 51.0 Å². The highest BCUT2D eigenvalue weighted by atomic mass is 32.2. The molecule has 2 amide bonds. The molecule has 1 N–H and O–H groups in total. The van der Waals surface area contributed by atoms with Crippen LogP contribution >= 0.6 is 0 Å². The highest BCUT2D eigenvalue weighted by Crippen LogP contribution is 2.31. The Morgan fingerprint density at radius 3 is 2.48 bits per heavy atom. The topological polar surface area (TPSA) is 83.6 Å². The Balaban J connectivity index is 2.14. The van der Waals surface area contributed by atoms with Gasteiger partial charge in [-0.05, 0) is 12.8 Å². The predicted molar refractivity (Wildman–Crippen MR) is 79.5 cm³/mol. The highest BCUT2D eigenvalue weighted by Gasteiger charge is 2.45. The number of nitrogens with zero attached hydrogens (tertiary/aromatic N) is 1. The van der Waals surface area contributed by atoms with Gasteiger partial charge in [-0.3, -0.25) is 9.59 Å². The third-order valence-electron chi connectivity index (χ3n) is 4.50. The quantitative estimate of drug-likeness (QED) is 0.817. The van der Waals surface area contributed by atoms with Gasteiger partial charge in [-0.2, -0.15) is 0 Å². The minimum atomic E-state index is -3.11. The van der Waals surface area contributed by atoms with Crippen molar-refractivity contribution in [1.82, 2.24) is 10.2 Å². The largest absolute Gasteiger partial charge is 0.342 e. The molecule has 0 aromatic rings. The van der Waals surface area contributed by atoms with Crippen LogP contribution in [-0.2, 0) is 19.4 Å². The summed E-state index contributed by atoms with van der Waals surface area (Å²) >= 11 is 0. The SMILES string of the molecule is CCS(=O)(=O)CCN1CCC(=O)NC2(CCCCC2)C1=O. The van der Waals surface area contributed by atoms with Gasteiger partial charge in [-0.1, -0.05) is 26.2 Å². The van der Waals surface area contributed by atoms with Crippen molar-refractivity contribution < 1.29 is 18.0 Å². The highest BCUT2D eigenvalue weighted by molar-refractivity contribution is 7.91. The summed E-state index contributed by atoms with van der Waals surface area (Å²) in [6, 6.07) is 0. The molecule has 2 fully saturated rings. The summed E-state index contributed by atoms with van der Waals surface area (Å²) < 4.78 is 23.3. The molecule has 7 heteroatoms. The fourth-order valence-electron chi connectivity index (χ4n) is 3.12. The average Bonchev–Trinajstić information content (AvgIpc) is 2.57. The van der Waals surface area contributed by atoms with E-state index in [0.29, 0.717) is 19.4 Å². The minimum Gasteiger partial charge on any atom is -0.342 e. The molecule has 1 aliphatic heterocycles. The summed E-state index contributed by atoms with van der Waals surface area (Å²) in [6.07, 6.45) is 4.50. The Morgan fingerprint density at radius 1 is 1.19 bits per heavy atom. The van der Waals surface area contributed by atoms with Crippen molar-refractivity contribution in [1.29, 1.82) is 0 Å². The second kappa shape index (κ2) is 6.34. The predicted octanol–water partition coefficient (Wildman–Crippen LogP) is 0.473. The fourth-order valence-corrected chi connectivity index (χ4v) is 3.91. The molecule has 0 aromatic carbocycles. The van der Waals surface area contributed by atoms with Gasteiger partial charge in [0.25, 0.3) is 0 Å². The lowest BCUT2D eigenvalue weighted by Crippen LogP contribution is -2.58. The molecule has 0 bridgehead atoms. The molecule has 0 aromatic heterocycles. The van der Waals surface area contributed by atoms with Crippen molar-refractivity contribution in [3.05, 3.63) is 0 Å². The van der Waals surface area contributed by atoms with Crippen molar-refractivity contribution in [2.24, 2.45) is 0 Å². The maximum Gasteiger partial charge on any atom is 0.248 e. The normalized spacial score (nSPS) is 23.0. The molecular weight excluding hydrogens is 292 g/mol. The zero-order chi connectivity index (χ0) is 15.5. The van der Waals surface area contributed by atoms with Gasteiger partial charge in [0.1, 0.15) is 5.54 Å². The maximum absolute atomic E-state index is 12.8. The van der Waals surface area contributed by atoms with Crippen LogP contribution < -0.4 is 5.32 Å². The third-order valence-corrected chi connectivity index (χ3v) is 6.19. The van der Waals surface area contributed by atoms with Gasteiger partial charge in [-0.25, -0.2) is 8.42 Å². The lowest BCUT2D eigenvalue weighted by molar-refractivity contribution is -0.140. The van der Waals surface area contributed by atoms with Crippen LogP contribution in [0.5, 0.6) is 0 Å². The summed E-state index contributed by atoms with van der Waals surface area (Å²) in [6.45, 7) is 2.10. The number of amides is 2. The smallest absolute Gasteiger partial charge is 0.248 e. The van der Waals surface area contributed by atoms with Crippen LogP contribution in [0.1, 0.15) is 45.4 Å². The molecule has 0 unspecified atom stereocenters. The van der Waals surface area contributed by atoms with Gasteiger partial charge in [-0.15, -0.1) is 0 Å². The van der Waals surface area contributed by atoms with E-state index in [9.17, 15) is 18.0 Å². The summed E-state index contributed by atoms with van der Waals surface area (Å²) in [5.41, 5.74) is -0.790. The lowest BCUT2D eigenvalue weighted by atomic mass is 9.80. The zero-order valence-electron chi connectivity index (χ0n) is 12.6. The Kier molecular flexibility index (Phi) is 4.91. The first-order valence-corrected chi connectivity index (χ1v) is 9.51. The van der Waals surface area contributed by atoms with E-state index in [-0.39, 0.29) is 36.3 Å². The van der Waals surface area contributed by atoms with Crippen LogP contribution in [0.15, 0.2) is 0 Å². The van der Waals surface area contributed by atoms with Crippen LogP contribution in [0.2, 0.25) is 0 Å². The first-order valence-electron chi connectivity index (χ1n) is 7.69. The van der Waals surface area contributed by atoms with Gasteiger partial charge in [0.05, 0.1) is 5.75 Å². The number of hydrogen-bond acceptors (Lipinski definition) is 4. The van der Waals surface area contributed by atoms with E-state index in [1.54, 1.807) is 11.8 Å². The van der Waals surface area contributed by atoms with Crippen LogP contribution in [-0.4, -0.2) is 55.3 Å². The number of hydrogen-bond donors (Lipinski definition) is 1. The fraction of sp³-hybridized carbons (Fsp3) is 0.857. The molecule has 2 rings (SSSR count). The second-order valence-electron chi connectivity index (χ2n) is 5.97. The molecule has 1 spiro atoms. The van der Waals surface area contributed by atoms with Crippen LogP contribution in [0.3, 0.4) is 0 Å². The van der Waals surface area contributed by atoms with Crippen LogP contribution in [0.4, 0.5) is 0 Å². The molecule has 0 atom stereocenters. The number of sulfone groups is 1. The molecule has 2 aliphatic rings. The van der Waals surface area contributed by atoms with Crippen LogP contribution in [0, 0.1) is 0 Å². The number of rotatable bonds is 4. The average molecular weight is 316 g/mol. The van der Waals surface area contributed by atoms with Gasteiger partial charge in [0.2, 0.25) is 11.8 Å². The van der Waals surface area contributed by atoms with Gasteiger partial charge in [0, 0.05) is 25.3 Å². The molecule has 1 aliphatic carbocycles. The van der Waals surface area contributed by atoms with Crippen molar-refractivity contribution in [2.75, 3.05) is 24.6 Å². The molecule has 1 saturated heterocycles. The molecular formula is C14H24N2O4S. The van der Waals surface area contributed by atoms with Crippen molar-refractivity contribution in [3.63, 3.8) is 0 Å². The van der Waals surface area contributed by atoms with Crippen LogP contribution in [0.25, 0.3) is 0 Å². The summed E-state index contributed by atoms with van der Waals surface area (Å²) in [5, 5.41) is 2.91. The van der Waals surface area contributed by atoms with E-state index in [2.05, 4.69) is 5.32 Å². The van der Waals surface area contributed by atoms with E-state index in [4.69, 9.17) is 0 Å². The Labute approximate surface area is 126 Å². The molecule has 0 radical (unpaired) electrons. The summed E-state index contributed by atoms with van der Waals surface area (Å²) in [4.78, 5) is 26.3. The second-order valence-corrected chi connectivity index (χ2v) is 8.44. The van der Waals surface area contributed by atoms with E-state index >= 15 is 0 Å². The molecule has 21 heavy (non-hydrogen) atoms. The first kappa shape index (κ1) is 16.3. The number of nitrogens with one attached hydrogen (secondary N) is 1. The Bertz CT molecular complexity index is 509. The van der Waals surface area contributed by atoms with Gasteiger partial charge < -0.3 is 10.2 Å². The monoisotopic (exact) mass is 316 g/mol. The summed E-state index contributed by atoms with van der Waals surface area (Å²) in [5.74, 6) is -0.151. The van der Waals surface area contributed by atoms with E-state index in [1.165, 1.54) is 0 Å². The zero-order valence-corrected chi connectivity index (χ0v) is 13.4. The summed E-state index contributed by atoms with van der Waals surface area (Å²) in [7, 11) is -3.11. The van der Waals surface area contributed by atoms with E-state index in [1.807, 2.05) is 0 Å². The van der Waals surface area contributed by atoms with Gasteiger partial charge in [0.15, 0.2) is 9.84 Å². The number of carbonyl (C=O) groups excluding carboxylic acids is 2. The molecule has 1 heterocycles. The maximum atomic E-state index is 12.8. The van der Waals surface area contributed by atoms with Gasteiger partial charge >= 0.3 is 0 Å². The standard InChI is InChI=1S/C14H24N2O4S/c1-2-21(19,20)11-10-16-9-6-12(17)15-14(13(16)18)7-4-3-5-8-14/h2-11H2,1H3,(H,15,17). The first-order chi connectivity index (χ1) is 9.88. The van der Waals surface area contributed by atoms with E-state index < -0.39 is 15.4 Å². The molecule has 1 saturated carbocycles. The van der Waals surface area contributed by atoms with E-state index in [0.717, 1.165) is 19.3 Å². The minimum absolute atomic E-state index is 0.0283. The molecule has 6 nitrogen and oxygen atoms in total. The Morgan fingerprint density at radius 2 is 1.86 bits per heavy atom. The Hall–Kier alpha value is -1.11. The van der Waals surface area contributed by atoms with Crippen molar-refractivity contribution in [3.8, 4) is 0 Å². The number of carbonyl (C=O) groups is 2.